The molecule has 2 aromatic rings. The van der Waals surface area contributed by atoms with Crippen molar-refractivity contribution in [3.05, 3.63) is 57.3 Å². The van der Waals surface area contributed by atoms with Gasteiger partial charge in [0.1, 0.15) is 11.2 Å². The summed E-state index contributed by atoms with van der Waals surface area (Å²) in [6.07, 6.45) is -4.52. The van der Waals surface area contributed by atoms with E-state index in [0.29, 0.717) is 0 Å². The standard InChI is InChI=1S/C24H28F5N5O2.C2H6.CH4.BHS/c1-14-9-15(10-19(31-14)24(27,28)29)12-30-21(36)17-13-34(23(5-6-23)22(25)26)20(35)11-18(17)32-16-3-7-33(2)8-4-16;1-2;;1-2/h9-11,13,16,22,32H,3-8,12H2,1-2H3,(H,30,36);1-2H3;1H4;2H. The van der Waals surface area contributed by atoms with E-state index in [-0.39, 0.29) is 55.4 Å². The van der Waals surface area contributed by atoms with Crippen LogP contribution in [0.1, 0.15) is 74.3 Å². The molecule has 228 valence electrons. The number of hydrogen-bond acceptors (Lipinski definition) is 6. The Kier molecular flexibility index (Phi) is 13.8. The number of halogens is 5. The molecular formula is C27H39BF5N5O2S. The molecule has 1 amide bonds. The number of likely N-dealkylation sites (tertiary alicyclic amines) is 1. The Morgan fingerprint density at radius 2 is 1.76 bits per heavy atom. The third-order valence-electron chi connectivity index (χ3n) is 6.78. The Bertz CT molecular complexity index is 1200. The lowest BCUT2D eigenvalue weighted by Crippen LogP contribution is -2.39. The molecule has 41 heavy (non-hydrogen) atoms. The van der Waals surface area contributed by atoms with Crippen LogP contribution in [0.4, 0.5) is 27.6 Å². The monoisotopic (exact) mass is 603 g/mol. The number of rotatable bonds is 7. The third kappa shape index (κ3) is 9.19. The van der Waals surface area contributed by atoms with Crippen LogP contribution < -0.4 is 16.2 Å². The van der Waals surface area contributed by atoms with Gasteiger partial charge in [-0.3, -0.25) is 9.59 Å². The Balaban J connectivity index is 0.00000161. The maximum absolute atomic E-state index is 13.7. The average Bonchev–Trinajstić information content (AvgIpc) is 3.72. The Morgan fingerprint density at radius 3 is 2.27 bits per heavy atom. The van der Waals surface area contributed by atoms with Gasteiger partial charge in [0.25, 0.3) is 17.9 Å². The van der Waals surface area contributed by atoms with Gasteiger partial charge >= 0.3 is 6.18 Å². The first-order valence-corrected chi connectivity index (χ1v) is 13.5. The number of aryl methyl sites for hydroxylation is 1. The first kappa shape index (κ1) is 36.4. The molecule has 1 saturated carbocycles. The van der Waals surface area contributed by atoms with Crippen molar-refractivity contribution in [1.29, 1.82) is 0 Å². The predicted molar refractivity (Wildman–Crippen MR) is 156 cm³/mol. The van der Waals surface area contributed by atoms with Crippen molar-refractivity contribution < 1.29 is 26.7 Å². The second kappa shape index (κ2) is 15.6. The smallest absolute Gasteiger partial charge is 0.381 e. The van der Waals surface area contributed by atoms with Crippen LogP contribution in [0, 0.1) is 6.92 Å². The van der Waals surface area contributed by atoms with Crippen molar-refractivity contribution in [2.24, 2.45) is 0 Å². The number of piperidine rings is 1. The van der Waals surface area contributed by atoms with Crippen LogP contribution >= 0.6 is 12.5 Å². The highest BCUT2D eigenvalue weighted by atomic mass is 32.1. The second-order valence-corrected chi connectivity index (χ2v) is 9.62. The van der Waals surface area contributed by atoms with E-state index in [2.05, 4.69) is 40.1 Å². The molecule has 3 heterocycles. The van der Waals surface area contributed by atoms with Crippen LogP contribution in [0.15, 0.2) is 29.2 Å². The number of hydrogen-bond donors (Lipinski definition) is 3. The first-order valence-electron chi connectivity index (χ1n) is 13.0. The van der Waals surface area contributed by atoms with Gasteiger partial charge in [-0.1, -0.05) is 21.3 Å². The zero-order valence-electron chi connectivity index (χ0n) is 23.0. The number of anilines is 1. The summed E-state index contributed by atoms with van der Waals surface area (Å²) in [4.78, 5) is 31.6. The van der Waals surface area contributed by atoms with Gasteiger partial charge in [0.15, 0.2) is 7.12 Å². The van der Waals surface area contributed by atoms with E-state index in [1.165, 1.54) is 13.0 Å². The molecular weight excluding hydrogens is 564 g/mol. The van der Waals surface area contributed by atoms with Gasteiger partial charge in [-0.25, -0.2) is 26.2 Å². The molecule has 1 saturated heterocycles. The summed E-state index contributed by atoms with van der Waals surface area (Å²) >= 11 is 3.03. The molecule has 4 rings (SSSR count). The summed E-state index contributed by atoms with van der Waals surface area (Å²) < 4.78 is 67.8. The number of thiol groups is 1. The molecule has 1 aliphatic carbocycles. The molecule has 2 aromatic heterocycles. The Hall–Kier alpha value is -2.61. The minimum Gasteiger partial charge on any atom is -0.381 e. The number of nitrogens with one attached hydrogen (secondary N) is 2. The summed E-state index contributed by atoms with van der Waals surface area (Å²) in [5, 5.41) is 5.78. The summed E-state index contributed by atoms with van der Waals surface area (Å²) in [7, 11) is 6.18. The SMILES string of the molecule is C.CC.Cc1cc(CNC(=O)c2cn(C3(C(F)F)CC3)c(=O)cc2NC2CCN(C)CC2)cc(C(F)(F)F)n1.[B]S. The Morgan fingerprint density at radius 1 is 1.17 bits per heavy atom. The predicted octanol–water partition coefficient (Wildman–Crippen LogP) is 5.42. The van der Waals surface area contributed by atoms with E-state index in [1.807, 2.05) is 20.9 Å². The normalized spacial score (nSPS) is 16.4. The van der Waals surface area contributed by atoms with E-state index in [9.17, 15) is 31.5 Å². The van der Waals surface area contributed by atoms with Crippen molar-refractivity contribution >= 4 is 31.2 Å². The van der Waals surface area contributed by atoms with Gasteiger partial charge in [0.2, 0.25) is 0 Å². The number of amides is 1. The third-order valence-corrected chi connectivity index (χ3v) is 6.78. The van der Waals surface area contributed by atoms with Gasteiger partial charge in [-0.2, -0.15) is 13.2 Å². The molecule has 0 bridgehead atoms. The lowest BCUT2D eigenvalue weighted by atomic mass is 10.0. The fraction of sp³-hybridized carbons (Fsp3) is 0.593. The first-order chi connectivity index (χ1) is 18.9. The highest BCUT2D eigenvalue weighted by molar-refractivity contribution is 8.03. The molecule has 1 aliphatic heterocycles. The van der Waals surface area contributed by atoms with Crippen molar-refractivity contribution in [2.75, 3.05) is 25.5 Å². The number of carbonyl (C=O) groups excluding carboxylic acids is 1. The maximum atomic E-state index is 13.7. The van der Waals surface area contributed by atoms with Crippen LogP contribution in [-0.2, 0) is 18.3 Å². The molecule has 14 heteroatoms. The van der Waals surface area contributed by atoms with Gasteiger partial charge in [-0.15, -0.1) is 0 Å². The molecule has 7 nitrogen and oxygen atoms in total. The van der Waals surface area contributed by atoms with Crippen LogP contribution in [0.3, 0.4) is 0 Å². The Labute approximate surface area is 245 Å². The minimum absolute atomic E-state index is 0. The summed E-state index contributed by atoms with van der Waals surface area (Å²) in [6.45, 7) is 6.80. The van der Waals surface area contributed by atoms with Gasteiger partial charge < -0.3 is 20.1 Å². The second-order valence-electron chi connectivity index (χ2n) is 9.62. The minimum atomic E-state index is -4.64. The van der Waals surface area contributed by atoms with Crippen LogP contribution in [0.5, 0.6) is 0 Å². The topological polar surface area (TPSA) is 79.3 Å². The highest BCUT2D eigenvalue weighted by Crippen LogP contribution is 2.48. The molecule has 0 atom stereocenters. The molecule has 0 aromatic carbocycles. The maximum Gasteiger partial charge on any atom is 0.433 e. The largest absolute Gasteiger partial charge is 0.433 e. The molecule has 2 aliphatic rings. The zero-order valence-corrected chi connectivity index (χ0v) is 23.9. The molecule has 2 fully saturated rings. The zero-order chi connectivity index (χ0) is 30.3. The van der Waals surface area contributed by atoms with Crippen molar-refractivity contribution in [2.45, 2.75) is 84.6 Å². The number of carbonyl (C=O) groups is 1. The van der Waals surface area contributed by atoms with Crippen molar-refractivity contribution in [1.82, 2.24) is 19.8 Å². The average molecular weight is 604 g/mol. The van der Waals surface area contributed by atoms with Crippen LogP contribution in [0.2, 0.25) is 0 Å². The number of pyridine rings is 2. The highest BCUT2D eigenvalue weighted by Gasteiger charge is 2.53. The van der Waals surface area contributed by atoms with E-state index in [4.69, 9.17) is 0 Å². The molecule has 0 spiro atoms. The summed E-state index contributed by atoms with van der Waals surface area (Å²) in [6, 6.07) is 3.41. The van der Waals surface area contributed by atoms with E-state index in [0.717, 1.165) is 48.8 Å². The summed E-state index contributed by atoms with van der Waals surface area (Å²) in [5.41, 5.74) is -2.82. The van der Waals surface area contributed by atoms with E-state index >= 15 is 0 Å². The fourth-order valence-corrected chi connectivity index (χ4v) is 4.51. The number of aromatic nitrogens is 2. The van der Waals surface area contributed by atoms with Gasteiger partial charge in [0, 0.05) is 30.5 Å². The van der Waals surface area contributed by atoms with Crippen molar-refractivity contribution in [3.63, 3.8) is 0 Å². The molecule has 2 radical (unpaired) electrons. The van der Waals surface area contributed by atoms with Crippen LogP contribution in [0.25, 0.3) is 0 Å². The van der Waals surface area contributed by atoms with Gasteiger partial charge in [0.05, 0.1) is 11.3 Å². The number of nitrogens with zero attached hydrogens (tertiary/aromatic N) is 3. The lowest BCUT2D eigenvalue weighted by molar-refractivity contribution is -0.141. The molecule has 0 unspecified atom stereocenters. The van der Waals surface area contributed by atoms with Gasteiger partial charge in [-0.05, 0) is 70.4 Å². The van der Waals surface area contributed by atoms with Crippen LogP contribution in [-0.4, -0.2) is 60.1 Å². The molecule has 2 N–H and O–H groups in total. The summed E-state index contributed by atoms with van der Waals surface area (Å²) in [5.74, 6) is -0.688. The fourth-order valence-electron chi connectivity index (χ4n) is 4.51. The quantitative estimate of drug-likeness (QED) is 0.224. The number of alkyl halides is 5. The van der Waals surface area contributed by atoms with E-state index < -0.39 is 35.3 Å². The van der Waals surface area contributed by atoms with E-state index in [1.54, 1.807) is 0 Å². The van der Waals surface area contributed by atoms with Crippen molar-refractivity contribution in [3.8, 4) is 0 Å². The lowest BCUT2D eigenvalue weighted by Gasteiger charge is -2.31.